The van der Waals surface area contributed by atoms with Crippen LogP contribution in [-0.2, 0) is 4.79 Å². The Hall–Kier alpha value is -2.34. The van der Waals surface area contributed by atoms with E-state index in [1.54, 1.807) is 0 Å². The number of benzene rings is 2. The Morgan fingerprint density at radius 3 is 2.50 bits per heavy atom. The Morgan fingerprint density at radius 2 is 1.83 bits per heavy atom. The second-order valence-corrected chi connectivity index (χ2v) is 5.81. The molecule has 0 atom stereocenters. The van der Waals surface area contributed by atoms with Crippen LogP contribution < -0.4 is 10.1 Å². The smallest absolute Gasteiger partial charge is 0.387 e. The van der Waals surface area contributed by atoms with E-state index in [0.717, 1.165) is 11.3 Å². The van der Waals surface area contributed by atoms with Crippen molar-refractivity contribution in [3.05, 3.63) is 66.2 Å². The molecule has 0 aliphatic heterocycles. The molecule has 0 radical (unpaired) electrons. The Kier molecular flexibility index (Phi) is 7.29. The molecular weight excluding hydrogens is 332 g/mol. The van der Waals surface area contributed by atoms with Crippen LogP contribution in [0.4, 0.5) is 14.5 Å². The Bertz CT molecular complexity index is 660. The van der Waals surface area contributed by atoms with Gasteiger partial charge < -0.3 is 10.1 Å². The van der Waals surface area contributed by atoms with Crippen LogP contribution in [0.3, 0.4) is 0 Å². The van der Waals surface area contributed by atoms with Crippen LogP contribution in [0.2, 0.25) is 0 Å². The summed E-state index contributed by atoms with van der Waals surface area (Å²) in [5, 5.41) is 2.70. The van der Waals surface area contributed by atoms with Gasteiger partial charge in [-0.3, -0.25) is 4.79 Å². The van der Waals surface area contributed by atoms with E-state index in [0.29, 0.717) is 11.4 Å². The lowest BCUT2D eigenvalue weighted by Gasteiger charge is -2.07. The minimum atomic E-state index is -2.86. The van der Waals surface area contributed by atoms with Gasteiger partial charge in [0.15, 0.2) is 0 Å². The van der Waals surface area contributed by atoms with Gasteiger partial charge in [-0.25, -0.2) is 0 Å². The minimum Gasteiger partial charge on any atom is -0.435 e. The van der Waals surface area contributed by atoms with Gasteiger partial charge in [0, 0.05) is 11.4 Å². The first kappa shape index (κ1) is 18.0. The fourth-order valence-electron chi connectivity index (χ4n) is 1.88. The summed E-state index contributed by atoms with van der Waals surface area (Å²) in [4.78, 5) is 11.8. The van der Waals surface area contributed by atoms with Gasteiger partial charge in [0.2, 0.25) is 5.91 Å². The first-order chi connectivity index (χ1) is 11.6. The van der Waals surface area contributed by atoms with E-state index in [1.807, 2.05) is 42.5 Å². The van der Waals surface area contributed by atoms with Crippen LogP contribution in [0, 0.1) is 0 Å². The number of carbonyl (C=O) groups excluding carboxylic acids is 1. The molecule has 0 fully saturated rings. The molecule has 0 saturated carbocycles. The Morgan fingerprint density at radius 1 is 1.12 bits per heavy atom. The van der Waals surface area contributed by atoms with Gasteiger partial charge in [-0.05, 0) is 29.8 Å². The van der Waals surface area contributed by atoms with Crippen molar-refractivity contribution in [2.45, 2.75) is 6.61 Å². The number of amides is 1. The van der Waals surface area contributed by atoms with Gasteiger partial charge in [-0.15, -0.1) is 11.8 Å². The second kappa shape index (κ2) is 9.72. The third-order valence-electron chi connectivity index (χ3n) is 2.92. The van der Waals surface area contributed by atoms with Gasteiger partial charge in [0.05, 0.1) is 5.75 Å². The molecule has 0 aliphatic rings. The molecule has 0 unspecified atom stereocenters. The number of thioether (sulfide) groups is 1. The maximum atomic E-state index is 12.0. The van der Waals surface area contributed by atoms with E-state index in [9.17, 15) is 13.6 Å². The van der Waals surface area contributed by atoms with Crippen molar-refractivity contribution in [3.8, 4) is 5.75 Å². The van der Waals surface area contributed by atoms with Crippen LogP contribution in [0.25, 0.3) is 6.08 Å². The van der Waals surface area contributed by atoms with Crippen molar-refractivity contribution in [1.29, 1.82) is 0 Å². The number of ether oxygens (including phenoxy) is 1. The molecule has 126 valence electrons. The highest BCUT2D eigenvalue weighted by Crippen LogP contribution is 2.18. The predicted molar refractivity (Wildman–Crippen MR) is 94.5 cm³/mol. The molecule has 0 aromatic heterocycles. The van der Waals surface area contributed by atoms with E-state index in [2.05, 4.69) is 10.1 Å². The lowest BCUT2D eigenvalue weighted by atomic mass is 10.2. The lowest BCUT2D eigenvalue weighted by Crippen LogP contribution is -2.14. The molecule has 0 saturated heterocycles. The van der Waals surface area contributed by atoms with Crippen molar-refractivity contribution in [2.24, 2.45) is 0 Å². The Labute approximate surface area is 143 Å². The largest absolute Gasteiger partial charge is 0.435 e. The summed E-state index contributed by atoms with van der Waals surface area (Å²) in [6, 6.07) is 15.7. The molecule has 2 rings (SSSR count). The van der Waals surface area contributed by atoms with Crippen LogP contribution >= 0.6 is 11.8 Å². The molecule has 24 heavy (non-hydrogen) atoms. The van der Waals surface area contributed by atoms with Crippen molar-refractivity contribution in [2.75, 3.05) is 16.8 Å². The molecule has 0 heterocycles. The monoisotopic (exact) mass is 349 g/mol. The van der Waals surface area contributed by atoms with Gasteiger partial charge in [0.1, 0.15) is 5.75 Å². The van der Waals surface area contributed by atoms with E-state index in [4.69, 9.17) is 0 Å². The summed E-state index contributed by atoms with van der Waals surface area (Å²) in [6.45, 7) is -2.86. The van der Waals surface area contributed by atoms with Gasteiger partial charge in [-0.2, -0.15) is 8.78 Å². The van der Waals surface area contributed by atoms with Crippen LogP contribution in [-0.4, -0.2) is 24.0 Å². The van der Waals surface area contributed by atoms with Gasteiger partial charge in [0.25, 0.3) is 0 Å². The normalized spacial score (nSPS) is 11.0. The SMILES string of the molecule is O=C(CSC/C=C/c1ccccc1)Nc1ccc(OC(F)F)cc1. The molecule has 0 bridgehead atoms. The third kappa shape index (κ3) is 6.83. The highest BCUT2D eigenvalue weighted by molar-refractivity contribution is 8.00. The molecule has 0 aliphatic carbocycles. The number of hydrogen-bond acceptors (Lipinski definition) is 3. The summed E-state index contributed by atoms with van der Waals surface area (Å²) in [7, 11) is 0. The third-order valence-corrected chi connectivity index (χ3v) is 3.81. The zero-order valence-electron chi connectivity index (χ0n) is 12.8. The number of rotatable bonds is 8. The zero-order valence-corrected chi connectivity index (χ0v) is 13.6. The minimum absolute atomic E-state index is 0.0587. The number of anilines is 1. The topological polar surface area (TPSA) is 38.3 Å². The van der Waals surface area contributed by atoms with Crippen LogP contribution in [0.5, 0.6) is 5.75 Å². The molecule has 2 aromatic carbocycles. The number of carbonyl (C=O) groups is 1. The average Bonchev–Trinajstić information content (AvgIpc) is 2.57. The highest BCUT2D eigenvalue weighted by atomic mass is 32.2. The highest BCUT2D eigenvalue weighted by Gasteiger charge is 2.05. The quantitative estimate of drug-likeness (QED) is 0.704. The maximum Gasteiger partial charge on any atom is 0.387 e. The zero-order chi connectivity index (χ0) is 17.2. The van der Waals surface area contributed by atoms with E-state index < -0.39 is 6.61 Å². The summed E-state index contributed by atoms with van der Waals surface area (Å²) in [5.41, 5.74) is 1.66. The van der Waals surface area contributed by atoms with Crippen molar-refractivity contribution >= 4 is 29.4 Å². The van der Waals surface area contributed by atoms with E-state index in [1.165, 1.54) is 36.0 Å². The molecular formula is C18H17F2NO2S. The average molecular weight is 349 g/mol. The van der Waals surface area contributed by atoms with Crippen LogP contribution in [0.1, 0.15) is 5.56 Å². The van der Waals surface area contributed by atoms with Gasteiger partial charge >= 0.3 is 6.61 Å². The second-order valence-electron chi connectivity index (χ2n) is 4.78. The summed E-state index contributed by atoms with van der Waals surface area (Å²) < 4.78 is 28.3. The first-order valence-electron chi connectivity index (χ1n) is 7.27. The summed E-state index contributed by atoms with van der Waals surface area (Å²) in [5.74, 6) is 0.955. The van der Waals surface area contributed by atoms with E-state index in [-0.39, 0.29) is 11.7 Å². The first-order valence-corrected chi connectivity index (χ1v) is 8.43. The fraction of sp³-hybridized carbons (Fsp3) is 0.167. The molecule has 2 aromatic rings. The molecule has 3 nitrogen and oxygen atoms in total. The lowest BCUT2D eigenvalue weighted by molar-refractivity contribution is -0.113. The number of alkyl halides is 2. The molecule has 0 spiro atoms. The fourth-order valence-corrected chi connectivity index (χ4v) is 2.49. The molecule has 1 N–H and O–H groups in total. The maximum absolute atomic E-state index is 12.0. The summed E-state index contributed by atoms with van der Waals surface area (Å²) in [6.07, 6.45) is 4.01. The van der Waals surface area contributed by atoms with Crippen molar-refractivity contribution in [1.82, 2.24) is 0 Å². The van der Waals surface area contributed by atoms with Gasteiger partial charge in [-0.1, -0.05) is 42.5 Å². The molecule has 1 amide bonds. The number of nitrogens with one attached hydrogen (secondary N) is 1. The van der Waals surface area contributed by atoms with Crippen LogP contribution in [0.15, 0.2) is 60.7 Å². The van der Waals surface area contributed by atoms with Crippen molar-refractivity contribution < 1.29 is 18.3 Å². The molecule has 6 heteroatoms. The predicted octanol–water partition coefficient (Wildman–Crippen LogP) is 4.67. The Balaban J connectivity index is 1.68. The summed E-state index contributed by atoms with van der Waals surface area (Å²) >= 11 is 1.49. The standard InChI is InChI=1S/C18H17F2NO2S/c19-18(20)23-16-10-8-15(9-11-16)21-17(22)13-24-12-4-7-14-5-2-1-3-6-14/h1-11,18H,12-13H2,(H,21,22)/b7-4+. The van der Waals surface area contributed by atoms with Crippen molar-refractivity contribution in [3.63, 3.8) is 0 Å². The number of hydrogen-bond donors (Lipinski definition) is 1. The number of halogens is 2. The van der Waals surface area contributed by atoms with E-state index >= 15 is 0 Å².